The van der Waals surface area contributed by atoms with Gasteiger partial charge in [0.25, 0.3) is 0 Å². The fourth-order valence-corrected chi connectivity index (χ4v) is 1.64. The number of rotatable bonds is 1. The van der Waals surface area contributed by atoms with Gasteiger partial charge < -0.3 is 5.73 Å². The molecule has 0 radical (unpaired) electrons. The molecule has 0 bridgehead atoms. The van der Waals surface area contributed by atoms with Gasteiger partial charge in [0.15, 0.2) is 0 Å². The second-order valence-electron chi connectivity index (χ2n) is 3.20. The van der Waals surface area contributed by atoms with Crippen LogP contribution in [0.3, 0.4) is 0 Å². The lowest BCUT2D eigenvalue weighted by molar-refractivity contribution is -0.162. The normalized spacial score (nSPS) is 12.9. The predicted octanol–water partition coefficient (Wildman–Crippen LogP) is 3.84. The van der Waals surface area contributed by atoms with Gasteiger partial charge in [-0.1, -0.05) is 11.6 Å². The van der Waals surface area contributed by atoms with Gasteiger partial charge in [-0.2, -0.15) is 26.3 Å². The summed E-state index contributed by atoms with van der Waals surface area (Å²) in [5, 5.41) is -1.01. The Morgan fingerprint density at radius 3 is 1.88 bits per heavy atom. The summed E-state index contributed by atoms with van der Waals surface area (Å²) in [6.07, 6.45) is -10.3. The largest absolute Gasteiger partial charge is 0.418 e. The highest BCUT2D eigenvalue weighted by Crippen LogP contribution is 2.44. The molecule has 2 N–H and O–H groups in total. The summed E-state index contributed by atoms with van der Waals surface area (Å²) in [5.41, 5.74) is 1.26. The van der Waals surface area contributed by atoms with Crippen LogP contribution in [0.15, 0.2) is 12.1 Å². The van der Waals surface area contributed by atoms with Crippen LogP contribution in [0.4, 0.5) is 26.3 Å². The Labute approximate surface area is 97.2 Å². The summed E-state index contributed by atoms with van der Waals surface area (Å²) in [6.45, 7) is -0.332. The van der Waals surface area contributed by atoms with E-state index in [-0.39, 0.29) is 12.1 Å². The number of alkyl halides is 6. The van der Waals surface area contributed by atoms with Crippen LogP contribution >= 0.6 is 11.6 Å². The van der Waals surface area contributed by atoms with Crippen LogP contribution in [-0.2, 0) is 18.9 Å². The molecule has 0 aliphatic rings. The second kappa shape index (κ2) is 4.38. The first-order chi connectivity index (χ1) is 7.57. The van der Waals surface area contributed by atoms with Gasteiger partial charge in [-0.3, -0.25) is 0 Å². The zero-order valence-corrected chi connectivity index (χ0v) is 8.84. The van der Waals surface area contributed by atoms with E-state index in [0.29, 0.717) is 6.07 Å². The van der Waals surface area contributed by atoms with Crippen molar-refractivity contribution in [1.82, 2.24) is 0 Å². The van der Waals surface area contributed by atoms with E-state index >= 15 is 0 Å². The molecule has 0 aliphatic carbocycles. The maximum atomic E-state index is 12.5. The first-order valence-corrected chi connectivity index (χ1v) is 4.62. The van der Waals surface area contributed by atoms with Crippen LogP contribution in [0.1, 0.15) is 16.7 Å². The minimum atomic E-state index is -5.17. The molecule has 8 heteroatoms. The number of hydrogen-bond acceptors (Lipinski definition) is 1. The lowest BCUT2D eigenvalue weighted by atomic mass is 10.0. The van der Waals surface area contributed by atoms with Crippen LogP contribution in [0.25, 0.3) is 0 Å². The minimum absolute atomic E-state index is 0.115. The van der Waals surface area contributed by atoms with Crippen LogP contribution in [0, 0.1) is 0 Å². The maximum absolute atomic E-state index is 12.5. The van der Waals surface area contributed by atoms with Crippen LogP contribution in [0.5, 0.6) is 0 Å². The van der Waals surface area contributed by atoms with Crippen molar-refractivity contribution < 1.29 is 26.3 Å². The van der Waals surface area contributed by atoms with E-state index in [2.05, 4.69) is 0 Å². The smallest absolute Gasteiger partial charge is 0.326 e. The van der Waals surface area contributed by atoms with Gasteiger partial charge >= 0.3 is 12.4 Å². The van der Waals surface area contributed by atoms with Crippen molar-refractivity contribution in [2.45, 2.75) is 18.9 Å². The molecule has 17 heavy (non-hydrogen) atoms. The van der Waals surface area contributed by atoms with E-state index in [1.807, 2.05) is 0 Å². The summed E-state index contributed by atoms with van der Waals surface area (Å²) in [4.78, 5) is 0. The van der Waals surface area contributed by atoms with Gasteiger partial charge in [0.05, 0.1) is 16.1 Å². The highest BCUT2D eigenvalue weighted by molar-refractivity contribution is 6.31. The molecule has 1 aromatic rings. The van der Waals surface area contributed by atoms with Crippen molar-refractivity contribution in [1.29, 1.82) is 0 Å². The molecule has 0 heterocycles. The fraction of sp³-hybridized carbons (Fsp3) is 0.333. The van der Waals surface area contributed by atoms with Crippen LogP contribution in [0.2, 0.25) is 5.02 Å². The molecule has 0 saturated heterocycles. The van der Waals surface area contributed by atoms with Gasteiger partial charge in [0.1, 0.15) is 0 Å². The van der Waals surface area contributed by atoms with Gasteiger partial charge in [0.2, 0.25) is 0 Å². The molecule has 0 aromatic heterocycles. The highest BCUT2D eigenvalue weighted by atomic mass is 35.5. The van der Waals surface area contributed by atoms with Crippen molar-refractivity contribution in [3.8, 4) is 0 Å². The number of benzene rings is 1. The molecule has 1 aromatic carbocycles. The molecule has 1 rings (SSSR count). The Kier molecular flexibility index (Phi) is 3.63. The minimum Gasteiger partial charge on any atom is -0.326 e. The van der Waals surface area contributed by atoms with Gasteiger partial charge in [-0.25, -0.2) is 0 Å². The molecule has 0 amide bonds. The molecule has 0 saturated carbocycles. The average molecular weight is 278 g/mol. The summed E-state index contributed by atoms with van der Waals surface area (Å²) in [7, 11) is 0. The van der Waals surface area contributed by atoms with Crippen LogP contribution in [-0.4, -0.2) is 0 Å². The molecule has 0 aliphatic heterocycles. The standard InChI is InChI=1S/C9H6ClF6N/c10-6-2-4(3-17)1-5(8(11,12)13)7(6)9(14,15)16/h1-2H,3,17H2. The number of hydrogen-bond donors (Lipinski definition) is 1. The molecule has 1 nitrogen and oxygen atoms in total. The van der Waals surface area contributed by atoms with E-state index in [0.717, 1.165) is 6.07 Å². The third kappa shape index (κ3) is 3.04. The quantitative estimate of drug-likeness (QED) is 0.776. The third-order valence-corrected chi connectivity index (χ3v) is 2.27. The molecular weight excluding hydrogens is 272 g/mol. The van der Waals surface area contributed by atoms with Gasteiger partial charge in [0, 0.05) is 6.54 Å². The fourth-order valence-electron chi connectivity index (χ4n) is 1.29. The van der Waals surface area contributed by atoms with Crippen LogP contribution < -0.4 is 5.73 Å². The predicted molar refractivity (Wildman–Crippen MR) is 49.3 cm³/mol. The Morgan fingerprint density at radius 1 is 1.00 bits per heavy atom. The Morgan fingerprint density at radius 2 is 1.53 bits per heavy atom. The zero-order chi connectivity index (χ0) is 13.4. The first-order valence-electron chi connectivity index (χ1n) is 4.24. The van der Waals surface area contributed by atoms with E-state index in [9.17, 15) is 26.3 Å². The highest BCUT2D eigenvalue weighted by Gasteiger charge is 2.44. The Balaban J connectivity index is 3.58. The summed E-state index contributed by atoms with van der Waals surface area (Å²) < 4.78 is 74.8. The first kappa shape index (κ1) is 14.1. The second-order valence-corrected chi connectivity index (χ2v) is 3.61. The SMILES string of the molecule is NCc1cc(Cl)c(C(F)(F)F)c(C(F)(F)F)c1. The molecule has 0 unspecified atom stereocenters. The van der Waals surface area contributed by atoms with Crippen molar-refractivity contribution >= 4 is 11.6 Å². The summed E-state index contributed by atoms with van der Waals surface area (Å²) >= 11 is 5.23. The van der Waals surface area contributed by atoms with E-state index in [1.165, 1.54) is 0 Å². The summed E-state index contributed by atoms with van der Waals surface area (Å²) in [5.74, 6) is 0. The lowest BCUT2D eigenvalue weighted by Gasteiger charge is -2.17. The maximum Gasteiger partial charge on any atom is 0.418 e. The van der Waals surface area contributed by atoms with E-state index in [4.69, 9.17) is 17.3 Å². The molecule has 96 valence electrons. The van der Waals surface area contributed by atoms with E-state index < -0.39 is 28.5 Å². The monoisotopic (exact) mass is 277 g/mol. The third-order valence-electron chi connectivity index (χ3n) is 1.97. The number of nitrogens with two attached hydrogens (primary N) is 1. The lowest BCUT2D eigenvalue weighted by Crippen LogP contribution is -2.18. The zero-order valence-electron chi connectivity index (χ0n) is 8.08. The van der Waals surface area contributed by atoms with Crippen molar-refractivity contribution in [2.24, 2.45) is 5.73 Å². The molecular formula is C9H6ClF6N. The Hall–Kier alpha value is -0.950. The van der Waals surface area contributed by atoms with Crippen molar-refractivity contribution in [3.05, 3.63) is 33.8 Å². The van der Waals surface area contributed by atoms with Crippen molar-refractivity contribution in [3.63, 3.8) is 0 Å². The van der Waals surface area contributed by atoms with E-state index in [1.54, 1.807) is 0 Å². The molecule has 0 fully saturated rings. The number of halogens is 7. The van der Waals surface area contributed by atoms with Gasteiger partial charge in [-0.05, 0) is 17.7 Å². The summed E-state index contributed by atoms with van der Waals surface area (Å²) in [6, 6.07) is 1.13. The molecule has 0 atom stereocenters. The van der Waals surface area contributed by atoms with Crippen molar-refractivity contribution in [2.75, 3.05) is 0 Å². The average Bonchev–Trinajstić information content (AvgIpc) is 2.12. The Bertz CT molecular complexity index is 423. The topological polar surface area (TPSA) is 26.0 Å². The molecule has 0 spiro atoms. The van der Waals surface area contributed by atoms with Gasteiger partial charge in [-0.15, -0.1) is 0 Å².